The molecule has 3 atom stereocenters. The van der Waals surface area contributed by atoms with E-state index in [0.29, 0.717) is 18.4 Å². The highest BCUT2D eigenvalue weighted by Gasteiger charge is 2.49. The lowest BCUT2D eigenvalue weighted by Gasteiger charge is -2.21. The van der Waals surface area contributed by atoms with Crippen LogP contribution in [-0.4, -0.2) is 17.3 Å². The van der Waals surface area contributed by atoms with E-state index in [1.165, 1.54) is 5.56 Å². The van der Waals surface area contributed by atoms with Crippen LogP contribution in [0.4, 0.5) is 0 Å². The molecule has 1 fully saturated rings. The fraction of sp³-hybridized carbons (Fsp3) is 0.500. The summed E-state index contributed by atoms with van der Waals surface area (Å²) in [5, 5.41) is 9.97. The third-order valence-electron chi connectivity index (χ3n) is 3.23. The normalized spacial score (nSPS) is 29.6. The third-order valence-corrected chi connectivity index (χ3v) is 3.23. The SMILES string of the molecule is CC(O)(CN)C1CC1c1ccccc1. The second-order valence-electron chi connectivity index (χ2n) is 4.42. The monoisotopic (exact) mass is 191 g/mol. The number of aliphatic hydroxyl groups is 1. The second kappa shape index (κ2) is 3.37. The first kappa shape index (κ1) is 9.69. The number of nitrogens with two attached hydrogens (primary N) is 1. The molecule has 1 saturated carbocycles. The van der Waals surface area contributed by atoms with Crippen molar-refractivity contribution in [2.75, 3.05) is 6.54 Å². The van der Waals surface area contributed by atoms with Crippen LogP contribution in [0.25, 0.3) is 0 Å². The number of rotatable bonds is 3. The Morgan fingerprint density at radius 3 is 2.64 bits per heavy atom. The molecule has 2 rings (SSSR count). The summed E-state index contributed by atoms with van der Waals surface area (Å²) in [4.78, 5) is 0. The molecule has 14 heavy (non-hydrogen) atoms. The van der Waals surface area contributed by atoms with Crippen molar-refractivity contribution in [1.82, 2.24) is 0 Å². The summed E-state index contributed by atoms with van der Waals surface area (Å²) in [5.74, 6) is 0.852. The molecule has 0 heterocycles. The van der Waals surface area contributed by atoms with Gasteiger partial charge in [0.05, 0.1) is 5.60 Å². The van der Waals surface area contributed by atoms with E-state index in [2.05, 4.69) is 12.1 Å². The molecule has 1 aliphatic carbocycles. The topological polar surface area (TPSA) is 46.2 Å². The summed E-state index contributed by atoms with van der Waals surface area (Å²) in [7, 11) is 0. The predicted molar refractivity (Wildman–Crippen MR) is 57.0 cm³/mol. The zero-order chi connectivity index (χ0) is 10.2. The first-order valence-corrected chi connectivity index (χ1v) is 5.12. The van der Waals surface area contributed by atoms with Crippen LogP contribution in [0, 0.1) is 5.92 Å². The number of benzene rings is 1. The van der Waals surface area contributed by atoms with Crippen LogP contribution in [0.5, 0.6) is 0 Å². The third kappa shape index (κ3) is 1.68. The van der Waals surface area contributed by atoms with Gasteiger partial charge in [0.15, 0.2) is 0 Å². The van der Waals surface area contributed by atoms with Crippen molar-refractivity contribution in [2.45, 2.75) is 24.9 Å². The first-order valence-electron chi connectivity index (χ1n) is 5.12. The molecule has 0 aliphatic heterocycles. The smallest absolute Gasteiger partial charge is 0.0775 e. The molecule has 3 unspecified atom stereocenters. The van der Waals surface area contributed by atoms with Crippen molar-refractivity contribution in [3.05, 3.63) is 35.9 Å². The summed E-state index contributed by atoms with van der Waals surface area (Å²) < 4.78 is 0. The van der Waals surface area contributed by atoms with Gasteiger partial charge in [-0.05, 0) is 30.7 Å². The predicted octanol–water partition coefficient (Wildman–Crippen LogP) is 1.50. The van der Waals surface area contributed by atoms with Crippen LogP contribution in [0.15, 0.2) is 30.3 Å². The van der Waals surface area contributed by atoms with Gasteiger partial charge >= 0.3 is 0 Å². The molecule has 1 aliphatic rings. The van der Waals surface area contributed by atoms with Crippen molar-refractivity contribution >= 4 is 0 Å². The van der Waals surface area contributed by atoms with E-state index in [9.17, 15) is 5.11 Å². The Morgan fingerprint density at radius 2 is 2.07 bits per heavy atom. The summed E-state index contributed by atoms with van der Waals surface area (Å²) in [5.41, 5.74) is 6.17. The molecule has 0 radical (unpaired) electrons. The largest absolute Gasteiger partial charge is 0.389 e. The summed E-state index contributed by atoms with van der Waals surface area (Å²) in [6.07, 6.45) is 1.06. The quantitative estimate of drug-likeness (QED) is 0.760. The summed E-state index contributed by atoms with van der Waals surface area (Å²) in [6.45, 7) is 2.18. The summed E-state index contributed by atoms with van der Waals surface area (Å²) in [6, 6.07) is 10.3. The van der Waals surface area contributed by atoms with Gasteiger partial charge < -0.3 is 10.8 Å². The molecule has 2 nitrogen and oxygen atoms in total. The van der Waals surface area contributed by atoms with E-state index in [1.54, 1.807) is 0 Å². The fourth-order valence-corrected chi connectivity index (χ4v) is 2.10. The lowest BCUT2D eigenvalue weighted by molar-refractivity contribution is 0.0438. The number of hydrogen-bond acceptors (Lipinski definition) is 2. The van der Waals surface area contributed by atoms with E-state index >= 15 is 0 Å². The van der Waals surface area contributed by atoms with E-state index < -0.39 is 5.60 Å². The minimum absolute atomic E-state index is 0.342. The van der Waals surface area contributed by atoms with Gasteiger partial charge in [-0.15, -0.1) is 0 Å². The van der Waals surface area contributed by atoms with Gasteiger partial charge in [-0.2, -0.15) is 0 Å². The van der Waals surface area contributed by atoms with Crippen molar-refractivity contribution in [3.63, 3.8) is 0 Å². The van der Waals surface area contributed by atoms with Crippen molar-refractivity contribution in [2.24, 2.45) is 11.7 Å². The Kier molecular flexibility index (Phi) is 2.33. The molecule has 0 saturated heterocycles. The van der Waals surface area contributed by atoms with Gasteiger partial charge in [0, 0.05) is 6.54 Å². The second-order valence-corrected chi connectivity index (χ2v) is 4.42. The molecule has 0 spiro atoms. The van der Waals surface area contributed by atoms with Crippen LogP contribution in [0.1, 0.15) is 24.8 Å². The average molecular weight is 191 g/mol. The zero-order valence-corrected chi connectivity index (χ0v) is 8.48. The Balaban J connectivity index is 2.07. The maximum atomic E-state index is 9.97. The molecule has 76 valence electrons. The van der Waals surface area contributed by atoms with Crippen molar-refractivity contribution in [1.29, 1.82) is 0 Å². The standard InChI is InChI=1S/C12H17NO/c1-12(14,8-13)11-7-10(11)9-5-3-2-4-6-9/h2-6,10-11,14H,7-8,13H2,1H3. The van der Waals surface area contributed by atoms with Crippen LogP contribution in [0.2, 0.25) is 0 Å². The lowest BCUT2D eigenvalue weighted by atomic mass is 9.97. The highest BCUT2D eigenvalue weighted by molar-refractivity contribution is 5.27. The summed E-state index contributed by atoms with van der Waals surface area (Å²) >= 11 is 0. The van der Waals surface area contributed by atoms with Gasteiger partial charge in [-0.1, -0.05) is 30.3 Å². The Hall–Kier alpha value is -0.860. The Labute approximate surface area is 84.7 Å². The Morgan fingerprint density at radius 1 is 1.43 bits per heavy atom. The van der Waals surface area contributed by atoms with E-state index in [0.717, 1.165) is 6.42 Å². The molecule has 0 amide bonds. The van der Waals surface area contributed by atoms with Gasteiger partial charge in [-0.25, -0.2) is 0 Å². The maximum absolute atomic E-state index is 9.97. The van der Waals surface area contributed by atoms with E-state index in [1.807, 2.05) is 25.1 Å². The van der Waals surface area contributed by atoms with Crippen LogP contribution in [0.3, 0.4) is 0 Å². The Bertz CT molecular complexity index is 307. The van der Waals surface area contributed by atoms with Gasteiger partial charge in [-0.3, -0.25) is 0 Å². The lowest BCUT2D eigenvalue weighted by Crippen LogP contribution is -2.36. The molecule has 1 aromatic carbocycles. The highest BCUT2D eigenvalue weighted by atomic mass is 16.3. The van der Waals surface area contributed by atoms with Gasteiger partial charge in [0.25, 0.3) is 0 Å². The molecule has 3 N–H and O–H groups in total. The maximum Gasteiger partial charge on any atom is 0.0775 e. The minimum Gasteiger partial charge on any atom is -0.389 e. The van der Waals surface area contributed by atoms with Gasteiger partial charge in [0.2, 0.25) is 0 Å². The number of hydrogen-bond donors (Lipinski definition) is 2. The molecule has 0 bridgehead atoms. The first-order chi connectivity index (χ1) is 6.65. The molecule has 2 heteroatoms. The zero-order valence-electron chi connectivity index (χ0n) is 8.48. The molecule has 0 aromatic heterocycles. The van der Waals surface area contributed by atoms with Crippen LogP contribution < -0.4 is 5.73 Å². The van der Waals surface area contributed by atoms with Crippen molar-refractivity contribution in [3.8, 4) is 0 Å². The van der Waals surface area contributed by atoms with Gasteiger partial charge in [0.1, 0.15) is 0 Å². The van der Waals surface area contributed by atoms with Crippen molar-refractivity contribution < 1.29 is 5.11 Å². The highest BCUT2D eigenvalue weighted by Crippen LogP contribution is 2.52. The van der Waals surface area contributed by atoms with Crippen LogP contribution >= 0.6 is 0 Å². The molecular formula is C12H17NO. The van der Waals surface area contributed by atoms with E-state index in [4.69, 9.17) is 5.73 Å². The van der Waals surface area contributed by atoms with E-state index in [-0.39, 0.29) is 0 Å². The van der Waals surface area contributed by atoms with Crippen LogP contribution in [-0.2, 0) is 0 Å². The minimum atomic E-state index is -0.694. The molecule has 1 aromatic rings. The average Bonchev–Trinajstić information content (AvgIpc) is 2.99. The molecular weight excluding hydrogens is 174 g/mol. The fourth-order valence-electron chi connectivity index (χ4n) is 2.10.